The van der Waals surface area contributed by atoms with Crippen LogP contribution in [0, 0.1) is 0 Å². The number of nitrogens with one attached hydrogen (secondary N) is 2. The maximum absolute atomic E-state index is 12.2. The van der Waals surface area contributed by atoms with E-state index in [0.29, 0.717) is 10.7 Å². The highest BCUT2D eigenvalue weighted by Crippen LogP contribution is 2.22. The van der Waals surface area contributed by atoms with Crippen LogP contribution in [0.5, 0.6) is 0 Å². The van der Waals surface area contributed by atoms with E-state index in [-0.39, 0.29) is 26.3 Å². The van der Waals surface area contributed by atoms with Crippen LogP contribution in [0.3, 0.4) is 0 Å². The minimum Gasteiger partial charge on any atom is -0.478 e. The van der Waals surface area contributed by atoms with E-state index in [1.54, 1.807) is 6.07 Å². The fourth-order valence-electron chi connectivity index (χ4n) is 1.77. The zero-order valence-electron chi connectivity index (χ0n) is 11.8. The average molecular weight is 404 g/mol. The SMILES string of the molecule is O=C(O)c1cc(NC(=S)NC(=O)c2cc(Cl)ccc2Cl)ccc1Cl. The van der Waals surface area contributed by atoms with Crippen LogP contribution in [-0.4, -0.2) is 22.1 Å². The van der Waals surface area contributed by atoms with E-state index in [9.17, 15) is 9.59 Å². The Hall–Kier alpha value is -1.86. The molecule has 0 unspecified atom stereocenters. The van der Waals surface area contributed by atoms with Crippen LogP contribution in [-0.2, 0) is 0 Å². The van der Waals surface area contributed by atoms with Crippen LogP contribution in [0.2, 0.25) is 15.1 Å². The molecular formula is C15H9Cl3N2O3S. The quantitative estimate of drug-likeness (QED) is 0.659. The highest BCUT2D eigenvalue weighted by molar-refractivity contribution is 7.80. The second kappa shape index (κ2) is 7.81. The maximum atomic E-state index is 12.2. The number of amides is 1. The fraction of sp³-hybridized carbons (Fsp3) is 0. The number of carboxylic acid groups (broad SMARTS) is 1. The second-order valence-electron chi connectivity index (χ2n) is 4.53. The molecule has 0 heterocycles. The minimum atomic E-state index is -1.18. The predicted octanol–water partition coefficient (Wildman–Crippen LogP) is 4.47. The van der Waals surface area contributed by atoms with Crippen LogP contribution < -0.4 is 10.6 Å². The number of hydrogen-bond acceptors (Lipinski definition) is 3. The van der Waals surface area contributed by atoms with Crippen molar-refractivity contribution in [1.82, 2.24) is 5.32 Å². The van der Waals surface area contributed by atoms with Crippen molar-refractivity contribution in [2.24, 2.45) is 0 Å². The van der Waals surface area contributed by atoms with Crippen LogP contribution >= 0.6 is 47.0 Å². The molecule has 0 atom stereocenters. The molecule has 1 amide bonds. The van der Waals surface area contributed by atoms with Gasteiger partial charge in [0.15, 0.2) is 5.11 Å². The third kappa shape index (κ3) is 4.58. The summed E-state index contributed by atoms with van der Waals surface area (Å²) in [6, 6.07) is 8.69. The van der Waals surface area contributed by atoms with Crippen molar-refractivity contribution in [3.8, 4) is 0 Å². The van der Waals surface area contributed by atoms with Gasteiger partial charge in [-0.3, -0.25) is 10.1 Å². The number of carbonyl (C=O) groups is 2. The normalized spacial score (nSPS) is 10.1. The summed E-state index contributed by atoms with van der Waals surface area (Å²) >= 11 is 22.6. The molecule has 0 aromatic heterocycles. The Morgan fingerprint density at radius 2 is 1.58 bits per heavy atom. The molecule has 2 aromatic rings. The number of hydrogen-bond donors (Lipinski definition) is 3. The van der Waals surface area contributed by atoms with Gasteiger partial charge < -0.3 is 10.4 Å². The molecule has 0 radical (unpaired) electrons. The Morgan fingerprint density at radius 1 is 0.958 bits per heavy atom. The van der Waals surface area contributed by atoms with E-state index in [2.05, 4.69) is 10.6 Å². The Balaban J connectivity index is 2.11. The smallest absolute Gasteiger partial charge is 0.337 e. The van der Waals surface area contributed by atoms with Crippen molar-refractivity contribution < 1.29 is 14.7 Å². The molecule has 2 aromatic carbocycles. The Labute approximate surface area is 157 Å². The molecule has 0 aliphatic carbocycles. The first-order valence-corrected chi connectivity index (χ1v) is 7.92. The van der Waals surface area contributed by atoms with Crippen molar-refractivity contribution in [3.05, 3.63) is 62.6 Å². The van der Waals surface area contributed by atoms with Gasteiger partial charge in [0.2, 0.25) is 0 Å². The molecule has 124 valence electrons. The highest BCUT2D eigenvalue weighted by atomic mass is 35.5. The van der Waals surface area contributed by atoms with Crippen LogP contribution in [0.25, 0.3) is 0 Å². The Morgan fingerprint density at radius 3 is 2.25 bits per heavy atom. The van der Waals surface area contributed by atoms with Gasteiger partial charge in [0.1, 0.15) is 0 Å². The number of anilines is 1. The summed E-state index contributed by atoms with van der Waals surface area (Å²) in [6.07, 6.45) is 0. The number of carboxylic acids is 1. The summed E-state index contributed by atoms with van der Waals surface area (Å²) < 4.78 is 0. The van der Waals surface area contributed by atoms with E-state index in [1.807, 2.05) is 0 Å². The van der Waals surface area contributed by atoms with Gasteiger partial charge in [-0.05, 0) is 48.6 Å². The minimum absolute atomic E-state index is 0.0327. The number of thiocarbonyl (C=S) groups is 1. The number of rotatable bonds is 3. The molecule has 0 fully saturated rings. The molecule has 2 rings (SSSR count). The summed E-state index contributed by atoms with van der Waals surface area (Å²) in [4.78, 5) is 23.2. The van der Waals surface area contributed by atoms with E-state index in [4.69, 9.17) is 52.1 Å². The number of carbonyl (C=O) groups excluding carboxylic acids is 1. The lowest BCUT2D eigenvalue weighted by Gasteiger charge is -2.11. The third-order valence-electron chi connectivity index (χ3n) is 2.85. The zero-order valence-corrected chi connectivity index (χ0v) is 14.9. The molecule has 3 N–H and O–H groups in total. The first-order valence-electron chi connectivity index (χ1n) is 6.38. The van der Waals surface area contributed by atoms with E-state index >= 15 is 0 Å². The number of aromatic carboxylic acids is 1. The van der Waals surface area contributed by atoms with E-state index < -0.39 is 11.9 Å². The van der Waals surface area contributed by atoms with Crippen molar-refractivity contribution in [3.63, 3.8) is 0 Å². The van der Waals surface area contributed by atoms with Gasteiger partial charge in [0.25, 0.3) is 5.91 Å². The van der Waals surface area contributed by atoms with Gasteiger partial charge in [0.05, 0.1) is 21.2 Å². The van der Waals surface area contributed by atoms with E-state index in [1.165, 1.54) is 30.3 Å². The molecule has 9 heteroatoms. The van der Waals surface area contributed by atoms with Crippen molar-refractivity contribution in [2.45, 2.75) is 0 Å². The van der Waals surface area contributed by atoms with E-state index in [0.717, 1.165) is 0 Å². The number of halogens is 3. The molecule has 0 bridgehead atoms. The fourth-order valence-corrected chi connectivity index (χ4v) is 2.56. The van der Waals surface area contributed by atoms with Gasteiger partial charge in [0, 0.05) is 10.7 Å². The first kappa shape index (κ1) is 18.5. The van der Waals surface area contributed by atoms with Gasteiger partial charge in [-0.15, -0.1) is 0 Å². The Bertz CT molecular complexity index is 843. The topological polar surface area (TPSA) is 78.4 Å². The van der Waals surface area contributed by atoms with Crippen molar-refractivity contribution in [1.29, 1.82) is 0 Å². The van der Waals surface area contributed by atoms with Crippen LogP contribution in [0.15, 0.2) is 36.4 Å². The predicted molar refractivity (Wildman–Crippen MR) is 98.6 cm³/mol. The maximum Gasteiger partial charge on any atom is 0.337 e. The number of benzene rings is 2. The molecule has 0 spiro atoms. The molecule has 0 aliphatic rings. The molecule has 0 saturated carbocycles. The van der Waals surface area contributed by atoms with Gasteiger partial charge in [-0.25, -0.2) is 4.79 Å². The summed E-state index contributed by atoms with van der Waals surface area (Å²) in [5.74, 6) is -1.73. The summed E-state index contributed by atoms with van der Waals surface area (Å²) in [7, 11) is 0. The van der Waals surface area contributed by atoms with Crippen molar-refractivity contribution in [2.75, 3.05) is 5.32 Å². The molecule has 0 aliphatic heterocycles. The average Bonchev–Trinajstić information content (AvgIpc) is 2.51. The largest absolute Gasteiger partial charge is 0.478 e. The lowest BCUT2D eigenvalue weighted by atomic mass is 10.2. The lowest BCUT2D eigenvalue weighted by molar-refractivity contribution is 0.0697. The van der Waals surface area contributed by atoms with Gasteiger partial charge in [-0.1, -0.05) is 34.8 Å². The monoisotopic (exact) mass is 402 g/mol. The second-order valence-corrected chi connectivity index (χ2v) is 6.19. The lowest BCUT2D eigenvalue weighted by Crippen LogP contribution is -2.34. The molecular weight excluding hydrogens is 395 g/mol. The zero-order chi connectivity index (χ0) is 17.9. The first-order chi connectivity index (χ1) is 11.3. The highest BCUT2D eigenvalue weighted by Gasteiger charge is 2.14. The third-order valence-corrected chi connectivity index (χ3v) is 3.95. The Kier molecular flexibility index (Phi) is 6.01. The molecule has 0 saturated heterocycles. The van der Waals surface area contributed by atoms with Crippen LogP contribution in [0.4, 0.5) is 5.69 Å². The van der Waals surface area contributed by atoms with Gasteiger partial charge >= 0.3 is 5.97 Å². The molecule has 5 nitrogen and oxygen atoms in total. The summed E-state index contributed by atoms with van der Waals surface area (Å²) in [6.45, 7) is 0. The van der Waals surface area contributed by atoms with Crippen molar-refractivity contribution >= 4 is 69.7 Å². The molecule has 24 heavy (non-hydrogen) atoms. The summed E-state index contributed by atoms with van der Waals surface area (Å²) in [5, 5.41) is 14.8. The van der Waals surface area contributed by atoms with Crippen LogP contribution in [0.1, 0.15) is 20.7 Å². The standard InChI is InChI=1S/C15H9Cl3N2O3S/c16-7-1-3-11(17)9(5-7)13(21)20-15(24)19-8-2-4-12(18)10(6-8)14(22)23/h1-6H,(H,22,23)(H2,19,20,21,24). The van der Waals surface area contributed by atoms with Gasteiger partial charge in [-0.2, -0.15) is 0 Å². The summed E-state index contributed by atoms with van der Waals surface area (Å²) in [5.41, 5.74) is 0.434.